The quantitative estimate of drug-likeness (QED) is 0.190. The van der Waals surface area contributed by atoms with Gasteiger partial charge in [0.1, 0.15) is 27.9 Å². The highest BCUT2D eigenvalue weighted by molar-refractivity contribution is 9.11. The molecule has 71 heavy (non-hydrogen) atoms. The summed E-state index contributed by atoms with van der Waals surface area (Å²) in [4.78, 5) is 21.6. The number of rotatable bonds is 3. The fourth-order valence-electron chi connectivity index (χ4n) is 9.97. The molecule has 0 fully saturated rings. The summed E-state index contributed by atoms with van der Waals surface area (Å²) in [6.45, 7) is 0. The summed E-state index contributed by atoms with van der Waals surface area (Å²) in [5.74, 6) is 0.0411. The number of benzene rings is 8. The lowest BCUT2D eigenvalue weighted by Gasteiger charge is -2.29. The van der Waals surface area contributed by atoms with Gasteiger partial charge in [-0.15, -0.1) is 0 Å². The Kier molecular flexibility index (Phi) is 11.9. The van der Waals surface area contributed by atoms with Crippen LogP contribution in [0, 0.1) is 0 Å². The van der Waals surface area contributed by atoms with Gasteiger partial charge in [0.2, 0.25) is 0 Å². The van der Waals surface area contributed by atoms with Crippen LogP contribution in [0.4, 0.5) is 0 Å². The number of fused-ring (bicyclic) bond motifs is 14. The lowest BCUT2D eigenvalue weighted by molar-refractivity contribution is 0.104. The van der Waals surface area contributed by atoms with Crippen LogP contribution >= 0.6 is 79.6 Å². The van der Waals surface area contributed by atoms with Gasteiger partial charge in [-0.1, -0.05) is 151 Å². The number of aromatic nitrogens is 2. The van der Waals surface area contributed by atoms with Crippen molar-refractivity contribution in [1.29, 1.82) is 0 Å². The van der Waals surface area contributed by atoms with E-state index < -0.39 is 5.60 Å². The molecule has 11 heteroatoms. The summed E-state index contributed by atoms with van der Waals surface area (Å²) in [7, 11) is 0. The van der Waals surface area contributed by atoms with E-state index in [4.69, 9.17) is 8.83 Å². The minimum atomic E-state index is -1.40. The maximum absolute atomic E-state index is 12.8. The number of aliphatic hydroxyl groups is 1. The molecule has 1 unspecified atom stereocenters. The Morgan fingerprint density at radius 1 is 0.408 bits per heavy atom. The number of para-hydroxylation sites is 2. The van der Waals surface area contributed by atoms with Crippen LogP contribution in [0.1, 0.15) is 32.6 Å². The van der Waals surface area contributed by atoms with E-state index in [-0.39, 0.29) is 5.78 Å². The fraction of sp³-hybridized carbons (Fsp3) is 0.0167. The average molecular weight is 1250 g/mol. The fourth-order valence-corrected chi connectivity index (χ4v) is 12.4. The van der Waals surface area contributed by atoms with E-state index in [0.29, 0.717) is 11.1 Å². The van der Waals surface area contributed by atoms with Crippen molar-refractivity contribution in [1.82, 2.24) is 9.97 Å². The van der Waals surface area contributed by atoms with Crippen molar-refractivity contribution in [2.24, 2.45) is 0 Å². The van der Waals surface area contributed by atoms with Gasteiger partial charge >= 0.3 is 0 Å². The van der Waals surface area contributed by atoms with Gasteiger partial charge in [0.05, 0.1) is 11.4 Å². The molecule has 6 nitrogen and oxygen atoms in total. The molecule has 0 aliphatic heterocycles. The zero-order chi connectivity index (χ0) is 48.5. The molecule has 342 valence electrons. The lowest BCUT2D eigenvalue weighted by atomic mass is 9.81. The van der Waals surface area contributed by atoms with Gasteiger partial charge in [0, 0.05) is 106 Å². The number of furan rings is 2. The SMILES string of the molecule is Brc1ccccc1-c1ccccn1.O=C1c2cc(Br)ccc2-c2c1cc(Br)c1c2oc2ccccc21.OC1(c2ccccc2-c2ccccn2)c2cc(Br)ccc2-c2c1cc(Br)c1c2oc2ccccc21. The standard InChI is InChI=1S/C30H17Br2NO2.C19H8Br2O2.C11H8BrN/c31-17-12-13-19-22(15-17)30(34,21-9-3-1-7-18(21)25-10-5-6-14-33-25)23-16-24(32)28-20-8-2-4-11-26(20)35-29(28)27(19)23;20-9-5-6-10-12(7-9)18(22)13-8-14(21)17-11-3-1-2-4-15(11)23-19(17)16(10)13;12-10-6-2-1-5-9(10)11-7-3-4-8-13-11/h1-16,34H;1-8H;1-8H. The minimum absolute atomic E-state index is 0.0411. The Balaban J connectivity index is 0.000000123. The Morgan fingerprint density at radius 2 is 0.944 bits per heavy atom. The summed E-state index contributed by atoms with van der Waals surface area (Å²) >= 11 is 18.0. The lowest BCUT2D eigenvalue weighted by Crippen LogP contribution is -2.27. The third-order valence-electron chi connectivity index (χ3n) is 13.0. The van der Waals surface area contributed by atoms with Crippen LogP contribution in [-0.4, -0.2) is 20.9 Å². The van der Waals surface area contributed by atoms with Gasteiger partial charge in [0.15, 0.2) is 5.78 Å². The molecule has 4 aromatic heterocycles. The first-order chi connectivity index (χ1) is 34.6. The molecule has 1 atom stereocenters. The molecule has 0 saturated carbocycles. The number of hydrogen-bond donors (Lipinski definition) is 1. The number of carbonyl (C=O) groups excluding carboxylic acids is 1. The second kappa shape index (κ2) is 18.4. The maximum atomic E-state index is 12.8. The average Bonchev–Trinajstić information content (AvgIpc) is 4.13. The highest BCUT2D eigenvalue weighted by Crippen LogP contribution is 2.57. The van der Waals surface area contributed by atoms with E-state index in [1.807, 2.05) is 170 Å². The molecule has 0 saturated heterocycles. The third-order valence-corrected chi connectivity index (χ3v) is 16.0. The van der Waals surface area contributed by atoms with Crippen LogP contribution in [0.3, 0.4) is 0 Å². The van der Waals surface area contributed by atoms with Crippen LogP contribution < -0.4 is 0 Å². The van der Waals surface area contributed by atoms with Crippen molar-refractivity contribution in [2.75, 3.05) is 0 Å². The van der Waals surface area contributed by atoms with Crippen molar-refractivity contribution in [3.8, 4) is 44.8 Å². The predicted octanol–water partition coefficient (Wildman–Crippen LogP) is 18.3. The molecule has 4 heterocycles. The smallest absolute Gasteiger partial charge is 0.194 e. The molecule has 1 N–H and O–H groups in total. The zero-order valence-corrected chi connectivity index (χ0v) is 44.9. The summed E-state index contributed by atoms with van der Waals surface area (Å²) in [6, 6.07) is 59.6. The summed E-state index contributed by atoms with van der Waals surface area (Å²) in [5, 5.41) is 16.9. The van der Waals surface area contributed by atoms with Crippen LogP contribution in [0.2, 0.25) is 0 Å². The zero-order valence-electron chi connectivity index (χ0n) is 36.9. The monoisotopic (exact) mass is 1240 g/mol. The Morgan fingerprint density at radius 3 is 1.59 bits per heavy atom. The second-order valence-electron chi connectivity index (χ2n) is 17.0. The van der Waals surface area contributed by atoms with Crippen LogP contribution in [0.5, 0.6) is 0 Å². The van der Waals surface area contributed by atoms with Crippen LogP contribution in [0.25, 0.3) is 88.6 Å². The van der Waals surface area contributed by atoms with Gasteiger partial charge in [-0.25, -0.2) is 0 Å². The summed E-state index contributed by atoms with van der Waals surface area (Å²) in [6.07, 6.45) is 3.58. The third kappa shape index (κ3) is 7.68. The van der Waals surface area contributed by atoms with E-state index in [2.05, 4.69) is 102 Å². The van der Waals surface area contributed by atoms with Crippen molar-refractivity contribution in [3.05, 3.63) is 245 Å². The molecular formula is C60H33Br5N2O4. The molecule has 14 rings (SSSR count). The molecule has 0 radical (unpaired) electrons. The van der Waals surface area contributed by atoms with E-state index in [1.165, 1.54) is 0 Å². The molecule has 2 aliphatic carbocycles. The van der Waals surface area contributed by atoms with Gasteiger partial charge in [-0.2, -0.15) is 0 Å². The largest absolute Gasteiger partial charge is 0.455 e. The number of nitrogens with zero attached hydrogens (tertiary/aromatic N) is 2. The topological polar surface area (TPSA) is 89.4 Å². The molecule has 0 amide bonds. The van der Waals surface area contributed by atoms with Crippen molar-refractivity contribution in [3.63, 3.8) is 0 Å². The second-order valence-corrected chi connectivity index (χ2v) is 21.4. The molecule has 12 aromatic rings. The highest BCUT2D eigenvalue weighted by atomic mass is 79.9. The first-order valence-electron chi connectivity index (χ1n) is 22.4. The first-order valence-corrected chi connectivity index (χ1v) is 26.4. The number of halogens is 5. The number of pyridine rings is 2. The number of carbonyl (C=O) groups is 1. The first kappa shape index (κ1) is 45.8. The van der Waals surface area contributed by atoms with E-state index in [1.54, 1.807) is 12.4 Å². The van der Waals surface area contributed by atoms with Gasteiger partial charge in [-0.05, 0) is 122 Å². The number of ketones is 1. The Bertz CT molecular complexity index is 4120. The number of hydrogen-bond acceptors (Lipinski definition) is 6. The van der Waals surface area contributed by atoms with E-state index >= 15 is 0 Å². The van der Waals surface area contributed by atoms with E-state index in [0.717, 1.165) is 128 Å². The summed E-state index contributed by atoms with van der Waals surface area (Å²) < 4.78 is 17.2. The maximum Gasteiger partial charge on any atom is 0.194 e. The van der Waals surface area contributed by atoms with Gasteiger partial charge in [0.25, 0.3) is 0 Å². The highest BCUT2D eigenvalue weighted by Gasteiger charge is 2.47. The Labute approximate surface area is 449 Å². The van der Waals surface area contributed by atoms with Crippen LogP contribution in [-0.2, 0) is 5.60 Å². The molecule has 0 bridgehead atoms. The minimum Gasteiger partial charge on any atom is -0.455 e. The van der Waals surface area contributed by atoms with Gasteiger partial charge in [-0.3, -0.25) is 14.8 Å². The summed E-state index contributed by atoms with van der Waals surface area (Å²) in [5.41, 5.74) is 13.1. The van der Waals surface area contributed by atoms with Crippen molar-refractivity contribution >= 4 is 129 Å². The van der Waals surface area contributed by atoms with Crippen molar-refractivity contribution in [2.45, 2.75) is 5.60 Å². The van der Waals surface area contributed by atoms with Crippen LogP contribution in [0.15, 0.2) is 226 Å². The molecule has 8 aromatic carbocycles. The normalized spacial score (nSPS) is 14.1. The van der Waals surface area contributed by atoms with Crippen molar-refractivity contribution < 1.29 is 18.7 Å². The molecule has 2 aliphatic rings. The van der Waals surface area contributed by atoms with Gasteiger partial charge < -0.3 is 13.9 Å². The predicted molar refractivity (Wildman–Crippen MR) is 302 cm³/mol. The molecule has 0 spiro atoms. The molecular weight excluding hydrogens is 1210 g/mol. The Hall–Kier alpha value is -6.31. The van der Waals surface area contributed by atoms with E-state index in [9.17, 15) is 9.90 Å².